The van der Waals surface area contributed by atoms with E-state index in [9.17, 15) is 4.79 Å². The Labute approximate surface area is 112 Å². The standard InChI is InChI=1S/C11H9ClN2O3S/c12-8-3-1-7(2-4-8)11-13-9(17-14-11)5-18-6-10(15)16/h1-4H,5-6H2,(H,15,16). The maximum Gasteiger partial charge on any atom is 0.313 e. The fourth-order valence-electron chi connectivity index (χ4n) is 1.26. The first-order chi connectivity index (χ1) is 8.65. The van der Waals surface area contributed by atoms with Crippen molar-refractivity contribution in [3.63, 3.8) is 0 Å². The molecular formula is C11H9ClN2O3S. The van der Waals surface area contributed by atoms with Gasteiger partial charge in [-0.2, -0.15) is 4.98 Å². The van der Waals surface area contributed by atoms with Gasteiger partial charge >= 0.3 is 5.97 Å². The van der Waals surface area contributed by atoms with Gasteiger partial charge in [-0.25, -0.2) is 0 Å². The third kappa shape index (κ3) is 3.48. The van der Waals surface area contributed by atoms with Gasteiger partial charge in [-0.05, 0) is 24.3 Å². The number of halogens is 1. The molecule has 0 saturated carbocycles. The molecule has 2 rings (SSSR count). The van der Waals surface area contributed by atoms with Crippen molar-refractivity contribution in [3.8, 4) is 11.4 Å². The van der Waals surface area contributed by atoms with Gasteiger partial charge in [0.05, 0.1) is 11.5 Å². The van der Waals surface area contributed by atoms with Crippen molar-refractivity contribution in [3.05, 3.63) is 35.2 Å². The lowest BCUT2D eigenvalue weighted by Crippen LogP contribution is -1.98. The molecule has 0 amide bonds. The predicted octanol–water partition coefficient (Wildman–Crippen LogP) is 2.71. The molecule has 1 aromatic heterocycles. The van der Waals surface area contributed by atoms with E-state index in [0.717, 1.165) is 5.56 Å². The molecule has 0 atom stereocenters. The van der Waals surface area contributed by atoms with Gasteiger partial charge < -0.3 is 9.63 Å². The Balaban J connectivity index is 2.01. The van der Waals surface area contributed by atoms with Crippen molar-refractivity contribution in [1.29, 1.82) is 0 Å². The second kappa shape index (κ2) is 5.88. The summed E-state index contributed by atoms with van der Waals surface area (Å²) < 4.78 is 5.02. The zero-order valence-electron chi connectivity index (χ0n) is 9.17. The van der Waals surface area contributed by atoms with E-state index < -0.39 is 5.97 Å². The maximum absolute atomic E-state index is 10.3. The van der Waals surface area contributed by atoms with E-state index in [-0.39, 0.29) is 5.75 Å². The van der Waals surface area contributed by atoms with Gasteiger partial charge in [-0.1, -0.05) is 16.8 Å². The summed E-state index contributed by atoms with van der Waals surface area (Å²) in [5.74, 6) is 0.409. The number of carboxylic acids is 1. The van der Waals surface area contributed by atoms with E-state index in [0.29, 0.717) is 22.5 Å². The van der Waals surface area contributed by atoms with E-state index in [2.05, 4.69) is 10.1 Å². The predicted molar refractivity (Wildman–Crippen MR) is 68.5 cm³/mol. The molecule has 0 aliphatic rings. The second-order valence-corrected chi connectivity index (χ2v) is 4.83. The molecule has 0 fully saturated rings. The van der Waals surface area contributed by atoms with Gasteiger partial charge in [-0.15, -0.1) is 11.8 Å². The Hall–Kier alpha value is -1.53. The van der Waals surface area contributed by atoms with E-state index in [1.807, 2.05) is 0 Å². The van der Waals surface area contributed by atoms with Crippen molar-refractivity contribution in [2.24, 2.45) is 0 Å². The van der Waals surface area contributed by atoms with Crippen LogP contribution in [-0.2, 0) is 10.5 Å². The summed E-state index contributed by atoms with van der Waals surface area (Å²) in [6, 6.07) is 7.07. The van der Waals surface area contributed by atoms with E-state index in [1.165, 1.54) is 11.8 Å². The number of hydrogen-bond acceptors (Lipinski definition) is 5. The summed E-state index contributed by atoms with van der Waals surface area (Å²) in [6.45, 7) is 0. The SMILES string of the molecule is O=C(O)CSCc1nc(-c2ccc(Cl)cc2)no1. The van der Waals surface area contributed by atoms with Crippen LogP contribution < -0.4 is 0 Å². The molecule has 2 aromatic rings. The molecule has 0 unspecified atom stereocenters. The van der Waals surface area contributed by atoms with Crippen molar-refractivity contribution < 1.29 is 14.4 Å². The molecule has 7 heteroatoms. The van der Waals surface area contributed by atoms with Crippen LogP contribution in [0.1, 0.15) is 5.89 Å². The monoisotopic (exact) mass is 284 g/mol. The van der Waals surface area contributed by atoms with Crippen LogP contribution in [0.25, 0.3) is 11.4 Å². The van der Waals surface area contributed by atoms with E-state index in [4.69, 9.17) is 21.2 Å². The summed E-state index contributed by atoms with van der Waals surface area (Å²) in [6.07, 6.45) is 0. The third-order valence-electron chi connectivity index (χ3n) is 2.02. The lowest BCUT2D eigenvalue weighted by Gasteiger charge is -1.93. The van der Waals surface area contributed by atoms with Crippen LogP contribution in [-0.4, -0.2) is 27.0 Å². The highest BCUT2D eigenvalue weighted by atomic mass is 35.5. The van der Waals surface area contributed by atoms with Gasteiger partial charge in [0, 0.05) is 10.6 Å². The van der Waals surface area contributed by atoms with Gasteiger partial charge in [0.25, 0.3) is 0 Å². The van der Waals surface area contributed by atoms with Crippen LogP contribution in [0.5, 0.6) is 0 Å². The average Bonchev–Trinajstić information content (AvgIpc) is 2.78. The molecule has 0 spiro atoms. The van der Waals surface area contributed by atoms with E-state index in [1.54, 1.807) is 24.3 Å². The molecule has 94 valence electrons. The molecule has 5 nitrogen and oxygen atoms in total. The minimum absolute atomic E-state index is 0.0126. The molecule has 1 N–H and O–H groups in total. The lowest BCUT2D eigenvalue weighted by molar-refractivity contribution is -0.133. The first kappa shape index (κ1) is 12.9. The molecule has 0 saturated heterocycles. The molecule has 1 aromatic carbocycles. The quantitative estimate of drug-likeness (QED) is 0.910. The normalized spacial score (nSPS) is 10.5. The molecule has 0 bridgehead atoms. The number of hydrogen-bond donors (Lipinski definition) is 1. The number of nitrogens with zero attached hydrogens (tertiary/aromatic N) is 2. The summed E-state index contributed by atoms with van der Waals surface area (Å²) in [5, 5.41) is 13.0. The summed E-state index contributed by atoms with van der Waals surface area (Å²) in [7, 11) is 0. The van der Waals surface area contributed by atoms with Crippen LogP contribution >= 0.6 is 23.4 Å². The van der Waals surface area contributed by atoms with Crippen LogP contribution in [0.15, 0.2) is 28.8 Å². The average molecular weight is 285 g/mol. The van der Waals surface area contributed by atoms with Gasteiger partial charge in [0.15, 0.2) is 0 Å². The summed E-state index contributed by atoms with van der Waals surface area (Å²) in [4.78, 5) is 14.5. The van der Waals surface area contributed by atoms with Gasteiger partial charge in [0.1, 0.15) is 0 Å². The topological polar surface area (TPSA) is 76.2 Å². The summed E-state index contributed by atoms with van der Waals surface area (Å²) in [5.41, 5.74) is 0.803. The molecule has 0 aliphatic carbocycles. The first-order valence-electron chi connectivity index (χ1n) is 5.03. The molecular weight excluding hydrogens is 276 g/mol. The van der Waals surface area contributed by atoms with Crippen LogP contribution in [0.3, 0.4) is 0 Å². The van der Waals surface area contributed by atoms with Crippen molar-refractivity contribution in [1.82, 2.24) is 10.1 Å². The molecule has 1 heterocycles. The highest BCUT2D eigenvalue weighted by Gasteiger charge is 2.09. The number of aromatic nitrogens is 2. The van der Waals surface area contributed by atoms with Gasteiger partial charge in [-0.3, -0.25) is 4.79 Å². The van der Waals surface area contributed by atoms with Crippen molar-refractivity contribution in [2.75, 3.05) is 5.75 Å². The number of rotatable bonds is 5. The Morgan fingerprint density at radius 2 is 2.11 bits per heavy atom. The van der Waals surface area contributed by atoms with Crippen LogP contribution in [0.4, 0.5) is 0 Å². The third-order valence-corrected chi connectivity index (χ3v) is 3.18. The fraction of sp³-hybridized carbons (Fsp3) is 0.182. The van der Waals surface area contributed by atoms with Gasteiger partial charge in [0.2, 0.25) is 11.7 Å². The van der Waals surface area contributed by atoms with Crippen LogP contribution in [0.2, 0.25) is 5.02 Å². The zero-order valence-corrected chi connectivity index (χ0v) is 10.7. The number of carbonyl (C=O) groups is 1. The Morgan fingerprint density at radius 3 is 2.78 bits per heavy atom. The second-order valence-electron chi connectivity index (χ2n) is 3.41. The highest BCUT2D eigenvalue weighted by molar-refractivity contribution is 7.99. The van der Waals surface area contributed by atoms with Crippen LogP contribution in [0, 0.1) is 0 Å². The Bertz CT molecular complexity index is 541. The number of thioether (sulfide) groups is 1. The lowest BCUT2D eigenvalue weighted by atomic mass is 10.2. The Morgan fingerprint density at radius 1 is 1.39 bits per heavy atom. The maximum atomic E-state index is 10.3. The Kier molecular flexibility index (Phi) is 4.22. The smallest absolute Gasteiger partial charge is 0.313 e. The molecule has 18 heavy (non-hydrogen) atoms. The summed E-state index contributed by atoms with van der Waals surface area (Å²) >= 11 is 6.99. The van der Waals surface area contributed by atoms with Crippen molar-refractivity contribution in [2.45, 2.75) is 5.75 Å². The number of carboxylic acid groups (broad SMARTS) is 1. The van der Waals surface area contributed by atoms with Crippen molar-refractivity contribution >= 4 is 29.3 Å². The highest BCUT2D eigenvalue weighted by Crippen LogP contribution is 2.20. The fourth-order valence-corrected chi connectivity index (χ4v) is 1.95. The molecule has 0 aliphatic heterocycles. The zero-order chi connectivity index (χ0) is 13.0. The number of benzene rings is 1. The van der Waals surface area contributed by atoms with E-state index >= 15 is 0 Å². The number of aliphatic carboxylic acids is 1. The largest absolute Gasteiger partial charge is 0.481 e. The minimum Gasteiger partial charge on any atom is -0.481 e. The first-order valence-corrected chi connectivity index (χ1v) is 6.56. The molecule has 0 radical (unpaired) electrons. The minimum atomic E-state index is -0.863.